The molecule has 0 radical (unpaired) electrons. The molecular formula is C14H16ClN3O. The Morgan fingerprint density at radius 3 is 3.00 bits per heavy atom. The number of ether oxygens (including phenoxy) is 1. The Balaban J connectivity index is 2.12. The Morgan fingerprint density at radius 1 is 1.42 bits per heavy atom. The van der Waals surface area contributed by atoms with E-state index < -0.39 is 0 Å². The van der Waals surface area contributed by atoms with Gasteiger partial charge in [-0.2, -0.15) is 5.10 Å². The molecule has 4 nitrogen and oxygen atoms in total. The maximum atomic E-state index is 6.11. The number of anilines is 1. The first-order valence-corrected chi connectivity index (χ1v) is 6.77. The highest BCUT2D eigenvalue weighted by molar-refractivity contribution is 6.30. The van der Waals surface area contributed by atoms with E-state index in [0.29, 0.717) is 17.4 Å². The predicted molar refractivity (Wildman–Crippen MR) is 75.7 cm³/mol. The Hall–Kier alpha value is -1.68. The first kappa shape index (κ1) is 12.4. The zero-order valence-corrected chi connectivity index (χ0v) is 11.5. The third-order valence-electron chi connectivity index (χ3n) is 3.39. The van der Waals surface area contributed by atoms with Crippen molar-refractivity contribution in [1.29, 1.82) is 0 Å². The molecule has 0 aliphatic carbocycles. The summed E-state index contributed by atoms with van der Waals surface area (Å²) in [7, 11) is 0. The molecule has 1 aromatic heterocycles. The maximum Gasteiger partial charge on any atom is 0.124 e. The van der Waals surface area contributed by atoms with Gasteiger partial charge in [-0.05, 0) is 38.0 Å². The van der Waals surface area contributed by atoms with Gasteiger partial charge in [-0.1, -0.05) is 11.6 Å². The second-order valence-electron chi connectivity index (χ2n) is 4.84. The van der Waals surface area contributed by atoms with Gasteiger partial charge in [0.1, 0.15) is 11.6 Å². The number of fused-ring (bicyclic) bond motifs is 1. The molecule has 100 valence electrons. The molecule has 1 unspecified atom stereocenters. The third kappa shape index (κ3) is 2.28. The van der Waals surface area contributed by atoms with Crippen LogP contribution >= 0.6 is 11.6 Å². The van der Waals surface area contributed by atoms with Gasteiger partial charge in [-0.25, -0.2) is 4.68 Å². The van der Waals surface area contributed by atoms with Crippen LogP contribution < -0.4 is 10.5 Å². The Labute approximate surface area is 117 Å². The average molecular weight is 278 g/mol. The molecule has 0 amide bonds. The molecule has 1 aromatic carbocycles. The van der Waals surface area contributed by atoms with E-state index >= 15 is 0 Å². The normalized spacial score (nSPS) is 18.5. The molecule has 0 spiro atoms. The van der Waals surface area contributed by atoms with E-state index in [2.05, 4.69) is 5.10 Å². The standard InChI is InChI=1S/C14H16ClN3O/c1-9-7-14(16)18(17-9)12-3-2-6-19-13-5-4-10(15)8-11(12)13/h4-5,7-8,12H,2-3,6,16H2,1H3. The van der Waals surface area contributed by atoms with Gasteiger partial charge in [-0.15, -0.1) is 0 Å². The average Bonchev–Trinajstić information content (AvgIpc) is 2.60. The van der Waals surface area contributed by atoms with Gasteiger partial charge in [0, 0.05) is 16.7 Å². The summed E-state index contributed by atoms with van der Waals surface area (Å²) < 4.78 is 7.64. The van der Waals surface area contributed by atoms with Crippen LogP contribution in [0.25, 0.3) is 0 Å². The van der Waals surface area contributed by atoms with Crippen molar-refractivity contribution in [2.75, 3.05) is 12.3 Å². The van der Waals surface area contributed by atoms with Crippen LogP contribution in [0.2, 0.25) is 5.02 Å². The minimum atomic E-state index is 0.0879. The summed E-state index contributed by atoms with van der Waals surface area (Å²) >= 11 is 6.11. The number of benzene rings is 1. The van der Waals surface area contributed by atoms with Gasteiger partial charge in [0.25, 0.3) is 0 Å². The predicted octanol–water partition coefficient (Wildman–Crippen LogP) is 3.19. The number of aromatic nitrogens is 2. The first-order chi connectivity index (χ1) is 9.15. The van der Waals surface area contributed by atoms with E-state index in [1.54, 1.807) is 0 Å². The molecule has 2 aromatic rings. The molecule has 0 bridgehead atoms. The zero-order chi connectivity index (χ0) is 13.4. The fourth-order valence-corrected chi connectivity index (χ4v) is 2.75. The van der Waals surface area contributed by atoms with Gasteiger partial charge >= 0.3 is 0 Å². The minimum absolute atomic E-state index is 0.0879. The fourth-order valence-electron chi connectivity index (χ4n) is 2.57. The summed E-state index contributed by atoms with van der Waals surface area (Å²) in [4.78, 5) is 0. The van der Waals surface area contributed by atoms with E-state index in [4.69, 9.17) is 22.1 Å². The van der Waals surface area contributed by atoms with Crippen LogP contribution in [0.3, 0.4) is 0 Å². The van der Waals surface area contributed by atoms with Gasteiger partial charge in [-0.3, -0.25) is 0 Å². The highest BCUT2D eigenvalue weighted by Crippen LogP contribution is 2.36. The van der Waals surface area contributed by atoms with E-state index in [-0.39, 0.29) is 6.04 Å². The van der Waals surface area contributed by atoms with Crippen molar-refractivity contribution < 1.29 is 4.74 Å². The van der Waals surface area contributed by atoms with Crippen molar-refractivity contribution in [1.82, 2.24) is 9.78 Å². The van der Waals surface area contributed by atoms with Crippen molar-refractivity contribution in [3.05, 3.63) is 40.5 Å². The quantitative estimate of drug-likeness (QED) is 0.871. The number of rotatable bonds is 1. The van der Waals surface area contributed by atoms with E-state index in [0.717, 1.165) is 29.8 Å². The van der Waals surface area contributed by atoms with Crippen LogP contribution in [-0.2, 0) is 0 Å². The first-order valence-electron chi connectivity index (χ1n) is 6.39. The summed E-state index contributed by atoms with van der Waals surface area (Å²) in [5, 5.41) is 5.20. The van der Waals surface area contributed by atoms with Gasteiger partial charge < -0.3 is 10.5 Å². The zero-order valence-electron chi connectivity index (χ0n) is 10.8. The van der Waals surface area contributed by atoms with Gasteiger partial charge in [0.05, 0.1) is 18.3 Å². The smallest absolute Gasteiger partial charge is 0.124 e. The Bertz CT molecular complexity index is 609. The summed E-state index contributed by atoms with van der Waals surface area (Å²) in [5.41, 5.74) is 8.02. The summed E-state index contributed by atoms with van der Waals surface area (Å²) in [6.07, 6.45) is 1.91. The highest BCUT2D eigenvalue weighted by Gasteiger charge is 2.23. The van der Waals surface area contributed by atoms with Crippen LogP contribution in [-0.4, -0.2) is 16.4 Å². The number of nitrogen functional groups attached to an aromatic ring is 1. The lowest BCUT2D eigenvalue weighted by Gasteiger charge is -2.18. The van der Waals surface area contributed by atoms with Gasteiger partial charge in [0.15, 0.2) is 0 Å². The molecular weight excluding hydrogens is 262 g/mol. The molecule has 1 atom stereocenters. The van der Waals surface area contributed by atoms with Crippen LogP contribution in [0.4, 0.5) is 5.82 Å². The number of nitrogens with two attached hydrogens (primary N) is 1. The molecule has 1 aliphatic rings. The van der Waals surface area contributed by atoms with E-state index in [9.17, 15) is 0 Å². The van der Waals surface area contributed by atoms with Crippen molar-refractivity contribution in [3.8, 4) is 5.75 Å². The molecule has 0 fully saturated rings. The Morgan fingerprint density at radius 2 is 2.26 bits per heavy atom. The highest BCUT2D eigenvalue weighted by atomic mass is 35.5. The summed E-state index contributed by atoms with van der Waals surface area (Å²) in [5.74, 6) is 1.55. The summed E-state index contributed by atoms with van der Waals surface area (Å²) in [6.45, 7) is 2.66. The van der Waals surface area contributed by atoms with Crippen molar-refractivity contribution in [2.24, 2.45) is 0 Å². The van der Waals surface area contributed by atoms with Crippen molar-refractivity contribution in [3.63, 3.8) is 0 Å². The summed E-state index contributed by atoms with van der Waals surface area (Å²) in [6, 6.07) is 7.69. The fraction of sp³-hybridized carbons (Fsp3) is 0.357. The van der Waals surface area contributed by atoms with Crippen molar-refractivity contribution >= 4 is 17.4 Å². The lowest BCUT2D eigenvalue weighted by molar-refractivity contribution is 0.315. The van der Waals surface area contributed by atoms with Crippen LogP contribution in [0, 0.1) is 6.92 Å². The number of aryl methyl sites for hydroxylation is 1. The van der Waals surface area contributed by atoms with E-state index in [1.807, 2.05) is 35.9 Å². The lowest BCUT2D eigenvalue weighted by Crippen LogP contribution is -2.14. The topological polar surface area (TPSA) is 53.1 Å². The SMILES string of the molecule is Cc1cc(N)n(C2CCCOc3ccc(Cl)cc32)n1. The molecule has 2 heterocycles. The second kappa shape index (κ2) is 4.78. The molecule has 19 heavy (non-hydrogen) atoms. The van der Waals surface area contributed by atoms with Crippen LogP contribution in [0.1, 0.15) is 30.1 Å². The second-order valence-corrected chi connectivity index (χ2v) is 5.28. The largest absolute Gasteiger partial charge is 0.493 e. The van der Waals surface area contributed by atoms with E-state index in [1.165, 1.54) is 0 Å². The molecule has 2 N–H and O–H groups in total. The minimum Gasteiger partial charge on any atom is -0.493 e. The van der Waals surface area contributed by atoms with Crippen LogP contribution in [0.5, 0.6) is 5.75 Å². The number of hydrogen-bond donors (Lipinski definition) is 1. The third-order valence-corrected chi connectivity index (χ3v) is 3.63. The number of halogens is 1. The maximum absolute atomic E-state index is 6.11. The molecule has 5 heteroatoms. The molecule has 1 aliphatic heterocycles. The molecule has 3 rings (SSSR count). The number of hydrogen-bond acceptors (Lipinski definition) is 3. The monoisotopic (exact) mass is 277 g/mol. The van der Waals surface area contributed by atoms with Crippen molar-refractivity contribution in [2.45, 2.75) is 25.8 Å². The molecule has 0 saturated heterocycles. The van der Waals surface area contributed by atoms with Gasteiger partial charge in [0.2, 0.25) is 0 Å². The van der Waals surface area contributed by atoms with Crippen LogP contribution in [0.15, 0.2) is 24.3 Å². The Kier molecular flexibility index (Phi) is 3.11. The lowest BCUT2D eigenvalue weighted by atomic mass is 10.0. The molecule has 0 saturated carbocycles. The number of nitrogens with zero attached hydrogens (tertiary/aromatic N) is 2.